The summed E-state index contributed by atoms with van der Waals surface area (Å²) >= 11 is 5.73. The summed E-state index contributed by atoms with van der Waals surface area (Å²) in [7, 11) is 0. The van der Waals surface area contributed by atoms with Gasteiger partial charge in [-0.2, -0.15) is 0 Å². The lowest BCUT2D eigenvalue weighted by molar-refractivity contribution is -0.386. The molecular weight excluding hydrogens is 288 g/mol. The summed E-state index contributed by atoms with van der Waals surface area (Å²) in [6, 6.07) is 4.23. The first-order valence-corrected chi connectivity index (χ1v) is 6.43. The number of carbonyl (C=O) groups is 1. The van der Waals surface area contributed by atoms with E-state index in [0.29, 0.717) is 25.9 Å². The average molecular weight is 301 g/mol. The fourth-order valence-corrected chi connectivity index (χ4v) is 2.24. The fraction of sp³-hybridized carbons (Fsp3) is 0.417. The Labute approximate surface area is 119 Å². The van der Waals surface area contributed by atoms with Crippen LogP contribution in [0, 0.1) is 10.1 Å². The molecule has 0 atom stereocenters. The van der Waals surface area contributed by atoms with Gasteiger partial charge in [-0.05, 0) is 12.1 Å². The molecule has 0 radical (unpaired) electrons. The molecule has 1 aliphatic rings. The zero-order valence-corrected chi connectivity index (χ0v) is 11.2. The van der Waals surface area contributed by atoms with Gasteiger partial charge in [-0.15, -0.1) is 0 Å². The van der Waals surface area contributed by atoms with Gasteiger partial charge in [-0.1, -0.05) is 11.6 Å². The van der Waals surface area contributed by atoms with E-state index in [1.165, 1.54) is 23.1 Å². The van der Waals surface area contributed by atoms with E-state index in [4.69, 9.17) is 21.4 Å². The number of amides is 1. The van der Waals surface area contributed by atoms with Crippen molar-refractivity contribution in [2.24, 2.45) is 0 Å². The highest BCUT2D eigenvalue weighted by atomic mass is 35.5. The first-order chi connectivity index (χ1) is 9.47. The van der Waals surface area contributed by atoms with E-state index in [9.17, 15) is 14.9 Å². The Balaban J connectivity index is 2.04. The number of hydrogen-bond donors (Lipinski definition) is 1. The Hall–Kier alpha value is -2.02. The largest absolute Gasteiger partial charge is 0.483 e. The smallest absolute Gasteiger partial charge is 0.407 e. The van der Waals surface area contributed by atoms with Crippen molar-refractivity contribution in [3.8, 4) is 5.75 Å². The zero-order valence-electron chi connectivity index (χ0n) is 10.5. The number of hydrogen-bond acceptors (Lipinski definition) is 4. The molecule has 1 aromatic carbocycles. The van der Waals surface area contributed by atoms with Crippen LogP contribution < -0.4 is 4.74 Å². The number of ether oxygens (including phenoxy) is 1. The van der Waals surface area contributed by atoms with E-state index in [-0.39, 0.29) is 22.6 Å². The highest BCUT2D eigenvalue weighted by molar-refractivity contribution is 6.30. The minimum absolute atomic E-state index is 0.160. The molecule has 2 rings (SSSR count). The predicted molar refractivity (Wildman–Crippen MR) is 71.4 cm³/mol. The second-order valence-electron chi connectivity index (χ2n) is 4.46. The molecule has 1 aromatic rings. The third-order valence-corrected chi connectivity index (χ3v) is 3.36. The molecule has 0 aliphatic carbocycles. The number of rotatable bonds is 3. The van der Waals surface area contributed by atoms with Gasteiger partial charge in [0.25, 0.3) is 0 Å². The number of halogens is 1. The van der Waals surface area contributed by atoms with Crippen LogP contribution in [0.5, 0.6) is 5.75 Å². The van der Waals surface area contributed by atoms with E-state index < -0.39 is 11.0 Å². The van der Waals surface area contributed by atoms with Gasteiger partial charge in [0.15, 0.2) is 5.75 Å². The molecule has 0 spiro atoms. The molecule has 0 unspecified atom stereocenters. The van der Waals surface area contributed by atoms with Gasteiger partial charge in [0.2, 0.25) is 0 Å². The van der Waals surface area contributed by atoms with Crippen LogP contribution in [0.1, 0.15) is 12.8 Å². The Morgan fingerprint density at radius 2 is 2.10 bits per heavy atom. The quantitative estimate of drug-likeness (QED) is 0.684. The van der Waals surface area contributed by atoms with Crippen LogP contribution >= 0.6 is 11.6 Å². The van der Waals surface area contributed by atoms with Crippen LogP contribution in [-0.4, -0.2) is 40.2 Å². The second-order valence-corrected chi connectivity index (χ2v) is 4.89. The van der Waals surface area contributed by atoms with Crippen molar-refractivity contribution >= 4 is 23.4 Å². The Kier molecular flexibility index (Phi) is 4.29. The van der Waals surface area contributed by atoms with Crippen molar-refractivity contribution in [2.45, 2.75) is 18.9 Å². The minimum Gasteiger partial charge on any atom is -0.483 e. The zero-order chi connectivity index (χ0) is 14.7. The molecule has 0 saturated carbocycles. The molecule has 108 valence electrons. The van der Waals surface area contributed by atoms with Crippen molar-refractivity contribution in [2.75, 3.05) is 13.1 Å². The summed E-state index contributed by atoms with van der Waals surface area (Å²) in [6.07, 6.45) is -0.176. The van der Waals surface area contributed by atoms with E-state index in [0.717, 1.165) is 0 Å². The predicted octanol–water partition coefficient (Wildman–Crippen LogP) is 2.77. The third kappa shape index (κ3) is 3.30. The van der Waals surface area contributed by atoms with Gasteiger partial charge < -0.3 is 14.7 Å². The number of carboxylic acid groups (broad SMARTS) is 1. The van der Waals surface area contributed by atoms with Gasteiger partial charge in [0.1, 0.15) is 6.10 Å². The van der Waals surface area contributed by atoms with Crippen LogP contribution in [0.3, 0.4) is 0 Å². The Morgan fingerprint density at radius 1 is 1.45 bits per heavy atom. The van der Waals surface area contributed by atoms with Gasteiger partial charge >= 0.3 is 11.8 Å². The molecular formula is C12H13ClN2O5. The van der Waals surface area contributed by atoms with E-state index in [2.05, 4.69) is 0 Å². The summed E-state index contributed by atoms with van der Waals surface area (Å²) in [4.78, 5) is 22.5. The topological polar surface area (TPSA) is 92.9 Å². The summed E-state index contributed by atoms with van der Waals surface area (Å²) < 4.78 is 5.61. The number of nitro groups is 1. The maximum absolute atomic E-state index is 10.9. The highest BCUT2D eigenvalue weighted by Gasteiger charge is 2.25. The number of nitrogens with zero attached hydrogens (tertiary/aromatic N) is 2. The molecule has 7 nitrogen and oxygen atoms in total. The van der Waals surface area contributed by atoms with Crippen LogP contribution in [0.15, 0.2) is 18.2 Å². The van der Waals surface area contributed by atoms with E-state index >= 15 is 0 Å². The van der Waals surface area contributed by atoms with Crippen LogP contribution in [0.4, 0.5) is 10.5 Å². The molecule has 8 heteroatoms. The van der Waals surface area contributed by atoms with Crippen molar-refractivity contribution in [3.05, 3.63) is 33.3 Å². The molecule has 1 N–H and O–H groups in total. The van der Waals surface area contributed by atoms with Gasteiger partial charge in [-0.3, -0.25) is 10.1 Å². The SMILES string of the molecule is O=C(O)N1CCC(Oc2ccc(Cl)cc2[N+](=O)[O-])CC1. The van der Waals surface area contributed by atoms with Crippen LogP contribution in [0.2, 0.25) is 5.02 Å². The average Bonchev–Trinajstić information content (AvgIpc) is 2.41. The Morgan fingerprint density at radius 3 is 2.65 bits per heavy atom. The molecule has 1 aliphatic heterocycles. The fourth-order valence-electron chi connectivity index (χ4n) is 2.08. The minimum atomic E-state index is -0.957. The number of piperidine rings is 1. The lowest BCUT2D eigenvalue weighted by Crippen LogP contribution is -2.41. The Bertz CT molecular complexity index is 529. The van der Waals surface area contributed by atoms with Gasteiger partial charge in [0, 0.05) is 37.0 Å². The van der Waals surface area contributed by atoms with Crippen LogP contribution in [0.25, 0.3) is 0 Å². The summed E-state index contributed by atoms with van der Waals surface area (Å²) in [5.41, 5.74) is -0.182. The van der Waals surface area contributed by atoms with Crippen molar-refractivity contribution in [3.63, 3.8) is 0 Å². The summed E-state index contributed by atoms with van der Waals surface area (Å²) in [5.74, 6) is 0.160. The molecule has 1 fully saturated rings. The van der Waals surface area contributed by atoms with Crippen molar-refractivity contribution < 1.29 is 19.6 Å². The molecule has 1 amide bonds. The van der Waals surface area contributed by atoms with Crippen molar-refractivity contribution in [1.82, 2.24) is 4.90 Å². The molecule has 0 bridgehead atoms. The number of benzene rings is 1. The van der Waals surface area contributed by atoms with Crippen LogP contribution in [-0.2, 0) is 0 Å². The molecule has 1 saturated heterocycles. The lowest BCUT2D eigenvalue weighted by atomic mass is 10.1. The van der Waals surface area contributed by atoms with E-state index in [1.807, 2.05) is 0 Å². The molecule has 0 aromatic heterocycles. The van der Waals surface area contributed by atoms with Gasteiger partial charge in [0.05, 0.1) is 4.92 Å². The lowest BCUT2D eigenvalue weighted by Gasteiger charge is -2.30. The molecule has 1 heterocycles. The number of nitro benzene ring substituents is 1. The van der Waals surface area contributed by atoms with Gasteiger partial charge in [-0.25, -0.2) is 4.79 Å². The summed E-state index contributed by atoms with van der Waals surface area (Å²) in [5, 5.41) is 20.0. The molecule has 20 heavy (non-hydrogen) atoms. The third-order valence-electron chi connectivity index (χ3n) is 3.12. The number of likely N-dealkylation sites (tertiary alicyclic amines) is 1. The summed E-state index contributed by atoms with van der Waals surface area (Å²) in [6.45, 7) is 0.725. The van der Waals surface area contributed by atoms with E-state index in [1.54, 1.807) is 0 Å². The van der Waals surface area contributed by atoms with Crippen molar-refractivity contribution in [1.29, 1.82) is 0 Å². The second kappa shape index (κ2) is 5.96. The standard InChI is InChI=1S/C12H13ClN2O5/c13-8-1-2-11(10(7-8)15(18)19)20-9-3-5-14(6-4-9)12(16)17/h1-2,7,9H,3-6H2,(H,16,17). The maximum Gasteiger partial charge on any atom is 0.407 e. The maximum atomic E-state index is 10.9. The first kappa shape index (κ1) is 14.4. The normalized spacial score (nSPS) is 15.9. The highest BCUT2D eigenvalue weighted by Crippen LogP contribution is 2.32. The first-order valence-electron chi connectivity index (χ1n) is 6.06. The monoisotopic (exact) mass is 300 g/mol.